The van der Waals surface area contributed by atoms with Crippen LogP contribution in [0.3, 0.4) is 0 Å². The van der Waals surface area contributed by atoms with E-state index in [1.807, 2.05) is 13.8 Å². The summed E-state index contributed by atoms with van der Waals surface area (Å²) in [5, 5.41) is 3.49. The average molecular weight is 224 g/mol. The Morgan fingerprint density at radius 3 is 2.50 bits per heavy atom. The number of hydrogen-bond acceptors (Lipinski definition) is 3. The third kappa shape index (κ3) is 3.65. The molecule has 92 valence electrons. The zero-order valence-electron chi connectivity index (χ0n) is 11.1. The van der Waals surface area contributed by atoms with Crippen LogP contribution < -0.4 is 5.32 Å². The maximum absolute atomic E-state index is 5.50. The van der Waals surface area contributed by atoms with Crippen molar-refractivity contribution < 1.29 is 4.42 Å². The Labute approximate surface area is 98.8 Å². The van der Waals surface area contributed by atoms with Gasteiger partial charge in [0.1, 0.15) is 11.5 Å². The number of rotatable bonds is 6. The van der Waals surface area contributed by atoms with Gasteiger partial charge in [-0.1, -0.05) is 6.92 Å². The van der Waals surface area contributed by atoms with Crippen molar-refractivity contribution in [3.8, 4) is 0 Å². The van der Waals surface area contributed by atoms with Gasteiger partial charge in [0.2, 0.25) is 0 Å². The molecule has 1 heterocycles. The molecule has 16 heavy (non-hydrogen) atoms. The largest absolute Gasteiger partial charge is 0.466 e. The van der Waals surface area contributed by atoms with E-state index in [2.05, 4.69) is 37.3 Å². The second-order valence-corrected chi connectivity index (χ2v) is 4.60. The fourth-order valence-corrected chi connectivity index (χ4v) is 1.92. The Hall–Kier alpha value is -0.800. The summed E-state index contributed by atoms with van der Waals surface area (Å²) < 4.78 is 5.50. The van der Waals surface area contributed by atoms with Crippen LogP contribution in [0.4, 0.5) is 0 Å². The van der Waals surface area contributed by atoms with E-state index < -0.39 is 0 Å². The van der Waals surface area contributed by atoms with Gasteiger partial charge in [-0.05, 0) is 40.4 Å². The van der Waals surface area contributed by atoms with Crippen molar-refractivity contribution in [1.29, 1.82) is 0 Å². The highest BCUT2D eigenvalue weighted by Crippen LogP contribution is 2.13. The maximum atomic E-state index is 5.50. The molecule has 0 aromatic carbocycles. The molecule has 3 heteroatoms. The molecule has 0 spiro atoms. The van der Waals surface area contributed by atoms with Gasteiger partial charge >= 0.3 is 0 Å². The summed E-state index contributed by atoms with van der Waals surface area (Å²) in [5.74, 6) is 2.02. The number of furan rings is 1. The first-order valence-electron chi connectivity index (χ1n) is 5.97. The van der Waals surface area contributed by atoms with E-state index in [1.165, 1.54) is 12.0 Å². The number of aryl methyl sites for hydroxylation is 2. The van der Waals surface area contributed by atoms with Gasteiger partial charge in [0.15, 0.2) is 0 Å². The van der Waals surface area contributed by atoms with Crippen molar-refractivity contribution in [2.45, 2.75) is 39.8 Å². The van der Waals surface area contributed by atoms with Crippen LogP contribution in [0.15, 0.2) is 10.5 Å². The second-order valence-electron chi connectivity index (χ2n) is 4.60. The molecule has 0 saturated carbocycles. The van der Waals surface area contributed by atoms with Gasteiger partial charge in [-0.3, -0.25) is 0 Å². The van der Waals surface area contributed by atoms with Crippen molar-refractivity contribution in [1.82, 2.24) is 10.2 Å². The third-order valence-corrected chi connectivity index (χ3v) is 3.04. The third-order valence-electron chi connectivity index (χ3n) is 3.04. The number of nitrogens with one attached hydrogen (secondary N) is 1. The topological polar surface area (TPSA) is 28.4 Å². The molecular formula is C13H24N2O. The van der Waals surface area contributed by atoms with E-state index in [0.29, 0.717) is 6.04 Å². The lowest BCUT2D eigenvalue weighted by Gasteiger charge is -2.23. The molecule has 1 aromatic heterocycles. The van der Waals surface area contributed by atoms with Crippen molar-refractivity contribution in [3.63, 3.8) is 0 Å². The van der Waals surface area contributed by atoms with E-state index in [9.17, 15) is 0 Å². The lowest BCUT2D eigenvalue weighted by atomic mass is 10.2. The Kier molecular flexibility index (Phi) is 5.03. The van der Waals surface area contributed by atoms with Gasteiger partial charge in [0, 0.05) is 24.7 Å². The van der Waals surface area contributed by atoms with E-state index in [1.54, 1.807) is 0 Å². The Morgan fingerprint density at radius 1 is 1.38 bits per heavy atom. The zero-order chi connectivity index (χ0) is 12.1. The van der Waals surface area contributed by atoms with Crippen LogP contribution in [-0.4, -0.2) is 31.6 Å². The molecule has 1 rings (SSSR count). The molecule has 3 nitrogen and oxygen atoms in total. The minimum absolute atomic E-state index is 0.605. The summed E-state index contributed by atoms with van der Waals surface area (Å²) >= 11 is 0. The van der Waals surface area contributed by atoms with Crippen LogP contribution in [0.1, 0.15) is 30.4 Å². The highest BCUT2D eigenvalue weighted by Gasteiger charge is 2.09. The van der Waals surface area contributed by atoms with Crippen molar-refractivity contribution in [3.05, 3.63) is 23.2 Å². The van der Waals surface area contributed by atoms with Crippen molar-refractivity contribution in [2.24, 2.45) is 0 Å². The molecule has 0 aliphatic carbocycles. The molecule has 1 N–H and O–H groups in total. The molecule has 0 bridgehead atoms. The first-order chi connectivity index (χ1) is 7.54. The number of likely N-dealkylation sites (N-methyl/N-ethyl adjacent to an activating group) is 1. The molecule has 1 unspecified atom stereocenters. The highest BCUT2D eigenvalue weighted by atomic mass is 16.3. The summed E-state index contributed by atoms with van der Waals surface area (Å²) in [6.07, 6.45) is 1.17. The molecule has 0 aliphatic rings. The molecule has 1 atom stereocenters. The first kappa shape index (κ1) is 13.3. The van der Waals surface area contributed by atoms with Gasteiger partial charge in [0.25, 0.3) is 0 Å². The molecule has 0 amide bonds. The molecule has 1 aromatic rings. The first-order valence-corrected chi connectivity index (χ1v) is 5.97. The van der Waals surface area contributed by atoms with E-state index in [0.717, 1.165) is 24.6 Å². The Bertz CT molecular complexity index is 318. The van der Waals surface area contributed by atoms with Crippen LogP contribution in [-0.2, 0) is 6.54 Å². The number of hydrogen-bond donors (Lipinski definition) is 1. The van der Waals surface area contributed by atoms with Crippen molar-refractivity contribution in [2.75, 3.05) is 20.6 Å². The van der Waals surface area contributed by atoms with Gasteiger partial charge < -0.3 is 14.6 Å². The van der Waals surface area contributed by atoms with Crippen LogP contribution >= 0.6 is 0 Å². The summed E-state index contributed by atoms with van der Waals surface area (Å²) in [6, 6.07) is 2.71. The standard InChI is InChI=1S/C13H24N2O/c1-6-13(15(4)5)9-14-8-12-7-10(2)16-11(12)3/h7,13-14H,6,8-9H2,1-5H3. The predicted molar refractivity (Wildman–Crippen MR) is 67.7 cm³/mol. The maximum Gasteiger partial charge on any atom is 0.105 e. The van der Waals surface area contributed by atoms with Crippen molar-refractivity contribution >= 4 is 0 Å². The average Bonchev–Trinajstić information content (AvgIpc) is 2.52. The SMILES string of the molecule is CCC(CNCc1cc(C)oc1C)N(C)C. The van der Waals surface area contributed by atoms with E-state index in [4.69, 9.17) is 4.42 Å². The van der Waals surface area contributed by atoms with Gasteiger partial charge in [-0.2, -0.15) is 0 Å². The summed E-state index contributed by atoms with van der Waals surface area (Å²) in [6.45, 7) is 8.15. The monoisotopic (exact) mass is 224 g/mol. The lowest BCUT2D eigenvalue weighted by molar-refractivity contribution is 0.276. The Balaban J connectivity index is 2.38. The summed E-state index contributed by atoms with van der Waals surface area (Å²) in [4.78, 5) is 2.26. The predicted octanol–water partition coefficient (Wildman–Crippen LogP) is 2.33. The van der Waals surface area contributed by atoms with Crippen LogP contribution in [0, 0.1) is 13.8 Å². The molecular weight excluding hydrogens is 200 g/mol. The fourth-order valence-electron chi connectivity index (χ4n) is 1.92. The molecule has 0 saturated heterocycles. The van der Waals surface area contributed by atoms with E-state index >= 15 is 0 Å². The highest BCUT2D eigenvalue weighted by molar-refractivity contribution is 5.19. The fraction of sp³-hybridized carbons (Fsp3) is 0.692. The number of nitrogens with zero attached hydrogens (tertiary/aromatic N) is 1. The van der Waals surface area contributed by atoms with Gasteiger partial charge in [-0.15, -0.1) is 0 Å². The minimum Gasteiger partial charge on any atom is -0.466 e. The van der Waals surface area contributed by atoms with Gasteiger partial charge in [-0.25, -0.2) is 0 Å². The molecule has 0 fully saturated rings. The molecule has 0 radical (unpaired) electrons. The lowest BCUT2D eigenvalue weighted by Crippen LogP contribution is -2.37. The summed E-state index contributed by atoms with van der Waals surface area (Å²) in [7, 11) is 4.26. The van der Waals surface area contributed by atoms with Gasteiger partial charge in [0.05, 0.1) is 0 Å². The summed E-state index contributed by atoms with van der Waals surface area (Å²) in [5.41, 5.74) is 1.27. The smallest absolute Gasteiger partial charge is 0.105 e. The normalized spacial score (nSPS) is 13.4. The Morgan fingerprint density at radius 2 is 2.06 bits per heavy atom. The van der Waals surface area contributed by atoms with E-state index in [-0.39, 0.29) is 0 Å². The quantitative estimate of drug-likeness (QED) is 0.804. The second kappa shape index (κ2) is 6.06. The van der Waals surface area contributed by atoms with Crippen LogP contribution in [0.25, 0.3) is 0 Å². The van der Waals surface area contributed by atoms with Crippen LogP contribution in [0.5, 0.6) is 0 Å². The zero-order valence-corrected chi connectivity index (χ0v) is 11.1. The minimum atomic E-state index is 0.605. The molecule has 0 aliphatic heterocycles. The van der Waals surface area contributed by atoms with Crippen LogP contribution in [0.2, 0.25) is 0 Å².